The van der Waals surface area contributed by atoms with Gasteiger partial charge in [-0.1, -0.05) is 18.2 Å². The summed E-state index contributed by atoms with van der Waals surface area (Å²) in [5.74, 6) is 0.297. The Morgan fingerprint density at radius 1 is 1.13 bits per heavy atom. The summed E-state index contributed by atoms with van der Waals surface area (Å²) >= 11 is 0. The number of hydrogen-bond donors (Lipinski definition) is 5. The SMILES string of the molecule is Cc1cc(-c2cccc(C(=O)NCCN3CCN(C)CC3)c2)ccc1O[C@H]1O[C@H](CO)[C@@H](O)[C@H](O)[C@]1(C)O. The average molecular weight is 530 g/mol. The van der Waals surface area contributed by atoms with E-state index in [1.807, 2.05) is 37.3 Å². The molecule has 2 fully saturated rings. The maximum atomic E-state index is 12.8. The monoisotopic (exact) mass is 529 g/mol. The molecule has 0 aliphatic carbocycles. The van der Waals surface area contributed by atoms with Gasteiger partial charge in [-0.05, 0) is 61.9 Å². The van der Waals surface area contributed by atoms with E-state index in [9.17, 15) is 25.2 Å². The predicted octanol–water partition coefficient (Wildman–Crippen LogP) is 0.208. The second kappa shape index (κ2) is 12.1. The highest BCUT2D eigenvalue weighted by molar-refractivity contribution is 5.95. The highest BCUT2D eigenvalue weighted by Crippen LogP contribution is 2.34. The van der Waals surface area contributed by atoms with Crippen molar-refractivity contribution in [1.82, 2.24) is 15.1 Å². The highest BCUT2D eigenvalue weighted by Gasteiger charge is 2.53. The lowest BCUT2D eigenvalue weighted by Crippen LogP contribution is -2.66. The first-order valence-corrected chi connectivity index (χ1v) is 13.0. The van der Waals surface area contributed by atoms with E-state index in [2.05, 4.69) is 22.2 Å². The lowest BCUT2D eigenvalue weighted by Gasteiger charge is -2.45. The van der Waals surface area contributed by atoms with Crippen molar-refractivity contribution in [3.8, 4) is 16.9 Å². The van der Waals surface area contributed by atoms with E-state index in [0.717, 1.165) is 49.4 Å². The summed E-state index contributed by atoms with van der Waals surface area (Å²) < 4.78 is 11.4. The van der Waals surface area contributed by atoms with Crippen LogP contribution >= 0.6 is 0 Å². The Balaban J connectivity index is 1.40. The van der Waals surface area contributed by atoms with Gasteiger partial charge in [-0.15, -0.1) is 0 Å². The molecular weight excluding hydrogens is 490 g/mol. The van der Waals surface area contributed by atoms with Gasteiger partial charge in [-0.25, -0.2) is 0 Å². The molecule has 0 spiro atoms. The first kappa shape index (κ1) is 28.4. The van der Waals surface area contributed by atoms with Crippen molar-refractivity contribution in [1.29, 1.82) is 0 Å². The number of amides is 1. The van der Waals surface area contributed by atoms with E-state index in [1.165, 1.54) is 6.92 Å². The van der Waals surface area contributed by atoms with Crippen molar-refractivity contribution in [2.24, 2.45) is 0 Å². The quantitative estimate of drug-likeness (QED) is 0.325. The molecule has 0 saturated carbocycles. The fourth-order valence-electron chi connectivity index (χ4n) is 4.78. The third kappa shape index (κ3) is 6.35. The summed E-state index contributed by atoms with van der Waals surface area (Å²) in [5.41, 5.74) is 1.16. The van der Waals surface area contributed by atoms with Crippen LogP contribution in [0.5, 0.6) is 5.75 Å². The largest absolute Gasteiger partial charge is 0.461 e. The molecule has 0 radical (unpaired) electrons. The van der Waals surface area contributed by atoms with Crippen LogP contribution in [-0.2, 0) is 4.74 Å². The van der Waals surface area contributed by atoms with E-state index < -0.39 is 36.8 Å². The van der Waals surface area contributed by atoms with Crippen LogP contribution in [0.2, 0.25) is 0 Å². The van der Waals surface area contributed by atoms with Crippen molar-refractivity contribution in [2.75, 3.05) is 52.9 Å². The van der Waals surface area contributed by atoms with Crippen LogP contribution in [0.4, 0.5) is 0 Å². The van der Waals surface area contributed by atoms with Gasteiger partial charge in [0, 0.05) is 44.8 Å². The summed E-state index contributed by atoms with van der Waals surface area (Å²) in [6.07, 6.45) is -5.41. The number of aliphatic hydroxyl groups excluding tert-OH is 3. The Labute approximate surface area is 223 Å². The molecule has 0 bridgehead atoms. The number of piperazine rings is 1. The number of carbonyl (C=O) groups excluding carboxylic acids is 1. The molecule has 38 heavy (non-hydrogen) atoms. The van der Waals surface area contributed by atoms with E-state index in [-0.39, 0.29) is 5.91 Å². The van der Waals surface area contributed by atoms with E-state index >= 15 is 0 Å². The number of ether oxygens (including phenoxy) is 2. The Hall–Kier alpha value is -2.57. The van der Waals surface area contributed by atoms with Crippen molar-refractivity contribution >= 4 is 5.91 Å². The zero-order valence-electron chi connectivity index (χ0n) is 22.2. The summed E-state index contributed by atoms with van der Waals surface area (Å²) in [6, 6.07) is 12.9. The number of likely N-dealkylation sites (N-methyl/N-ethyl adjacent to an activating group) is 1. The Morgan fingerprint density at radius 3 is 2.53 bits per heavy atom. The molecule has 5 N–H and O–H groups in total. The third-order valence-corrected chi connectivity index (χ3v) is 7.44. The molecule has 2 aliphatic heterocycles. The van der Waals surface area contributed by atoms with Crippen LogP contribution in [0.1, 0.15) is 22.8 Å². The molecule has 5 atom stereocenters. The van der Waals surface area contributed by atoms with Crippen molar-refractivity contribution in [3.05, 3.63) is 53.6 Å². The summed E-state index contributed by atoms with van der Waals surface area (Å²) in [5, 5.41) is 43.6. The average Bonchev–Trinajstić information content (AvgIpc) is 2.91. The molecule has 0 aromatic heterocycles. The van der Waals surface area contributed by atoms with Crippen LogP contribution in [-0.4, -0.2) is 119 Å². The van der Waals surface area contributed by atoms with Gasteiger partial charge in [-0.2, -0.15) is 0 Å². The van der Waals surface area contributed by atoms with Gasteiger partial charge in [0.2, 0.25) is 6.29 Å². The summed E-state index contributed by atoms with van der Waals surface area (Å²) in [7, 11) is 2.12. The van der Waals surface area contributed by atoms with Gasteiger partial charge < -0.3 is 40.1 Å². The van der Waals surface area contributed by atoms with Crippen LogP contribution in [0.3, 0.4) is 0 Å². The molecule has 2 saturated heterocycles. The fraction of sp³-hybridized carbons (Fsp3) is 0.536. The Kier molecular flexibility index (Phi) is 9.04. The predicted molar refractivity (Wildman–Crippen MR) is 142 cm³/mol. The van der Waals surface area contributed by atoms with Crippen LogP contribution in [0.15, 0.2) is 42.5 Å². The molecule has 1 amide bonds. The minimum Gasteiger partial charge on any atom is -0.461 e. The minimum absolute atomic E-state index is 0.117. The normalized spacial score (nSPS) is 28.7. The minimum atomic E-state index is -1.90. The Morgan fingerprint density at radius 2 is 1.84 bits per heavy atom. The topological polar surface area (TPSA) is 135 Å². The maximum absolute atomic E-state index is 12.8. The number of aryl methyl sites for hydroxylation is 1. The van der Waals surface area contributed by atoms with Crippen molar-refractivity contribution in [2.45, 2.75) is 44.1 Å². The third-order valence-electron chi connectivity index (χ3n) is 7.44. The van der Waals surface area contributed by atoms with Gasteiger partial charge in [0.05, 0.1) is 6.61 Å². The van der Waals surface area contributed by atoms with Crippen molar-refractivity contribution in [3.63, 3.8) is 0 Å². The molecule has 2 aliphatic rings. The van der Waals surface area contributed by atoms with Crippen molar-refractivity contribution < 1.29 is 34.7 Å². The molecule has 4 rings (SSSR count). The van der Waals surface area contributed by atoms with Crippen LogP contribution < -0.4 is 10.1 Å². The van der Waals surface area contributed by atoms with E-state index in [0.29, 0.717) is 17.9 Å². The van der Waals surface area contributed by atoms with E-state index in [1.54, 1.807) is 12.1 Å². The molecule has 2 aromatic rings. The standard InChI is InChI=1S/C28H39N3O7/c1-18-15-20(7-8-22(18)37-27-28(2,36)25(34)24(33)23(17-32)38-27)19-5-4-6-21(16-19)26(35)29-9-10-31-13-11-30(3)12-14-31/h4-8,15-16,23-25,27,32-34,36H,9-14,17H2,1-3H3,(H,29,35)/t23-,24-,25+,27+,28+/m1/s1. The number of aliphatic hydroxyl groups is 4. The van der Waals surface area contributed by atoms with Gasteiger partial charge in [0.25, 0.3) is 5.91 Å². The second-order valence-electron chi connectivity index (χ2n) is 10.4. The van der Waals surface area contributed by atoms with Gasteiger partial charge in [0.1, 0.15) is 24.1 Å². The zero-order chi connectivity index (χ0) is 27.4. The first-order chi connectivity index (χ1) is 18.1. The smallest absolute Gasteiger partial charge is 0.251 e. The molecule has 10 nitrogen and oxygen atoms in total. The zero-order valence-corrected chi connectivity index (χ0v) is 22.2. The molecular formula is C28H39N3O7. The number of carbonyl (C=O) groups is 1. The summed E-state index contributed by atoms with van der Waals surface area (Å²) in [4.78, 5) is 17.4. The first-order valence-electron chi connectivity index (χ1n) is 13.0. The fourth-order valence-corrected chi connectivity index (χ4v) is 4.78. The number of rotatable bonds is 8. The van der Waals surface area contributed by atoms with Gasteiger partial charge >= 0.3 is 0 Å². The summed E-state index contributed by atoms with van der Waals surface area (Å²) in [6.45, 7) is 8.13. The maximum Gasteiger partial charge on any atom is 0.251 e. The Bertz CT molecular complexity index is 1100. The molecule has 2 aromatic carbocycles. The molecule has 2 heterocycles. The van der Waals surface area contributed by atoms with Gasteiger partial charge in [0.15, 0.2) is 5.60 Å². The number of benzene rings is 2. The molecule has 208 valence electrons. The molecule has 10 heteroatoms. The van der Waals surface area contributed by atoms with E-state index in [4.69, 9.17) is 9.47 Å². The lowest BCUT2D eigenvalue weighted by atomic mass is 9.88. The number of nitrogens with zero attached hydrogens (tertiary/aromatic N) is 2. The highest BCUT2D eigenvalue weighted by atomic mass is 16.7. The van der Waals surface area contributed by atoms with Gasteiger partial charge in [-0.3, -0.25) is 9.69 Å². The number of nitrogens with one attached hydrogen (secondary N) is 1. The number of hydrogen-bond acceptors (Lipinski definition) is 9. The van der Waals surface area contributed by atoms with Crippen LogP contribution in [0.25, 0.3) is 11.1 Å². The second-order valence-corrected chi connectivity index (χ2v) is 10.4. The molecule has 0 unspecified atom stereocenters. The van der Waals surface area contributed by atoms with Crippen LogP contribution in [0, 0.1) is 6.92 Å². The lowest BCUT2D eigenvalue weighted by molar-refractivity contribution is -0.314.